The third kappa shape index (κ3) is 3.55. The molecular weight excluding hydrogens is 312 g/mol. The number of aromatic amines is 1. The average molecular weight is 323 g/mol. The highest BCUT2D eigenvalue weighted by Gasteiger charge is 2.18. The number of aromatic nitrogens is 1. The first-order valence-corrected chi connectivity index (χ1v) is 7.29. The van der Waals surface area contributed by atoms with Crippen LogP contribution in [0.1, 0.15) is 5.56 Å². The van der Waals surface area contributed by atoms with Gasteiger partial charge in [-0.2, -0.15) is 8.42 Å². The summed E-state index contributed by atoms with van der Waals surface area (Å²) in [6.45, 7) is 0. The number of nitrogens with one attached hydrogen (secondary N) is 1. The first-order chi connectivity index (χ1) is 10.4. The maximum absolute atomic E-state index is 11.9. The zero-order valence-corrected chi connectivity index (χ0v) is 11.9. The van der Waals surface area contributed by atoms with Gasteiger partial charge in [-0.25, -0.2) is 4.98 Å². The number of amidine groups is 1. The minimum atomic E-state index is -4.20. The number of hydrogen-bond donors (Lipinski definition) is 1. The van der Waals surface area contributed by atoms with Crippen molar-refractivity contribution in [1.82, 2.24) is 0 Å². The van der Waals surface area contributed by atoms with Crippen molar-refractivity contribution in [2.75, 3.05) is 0 Å². The Bertz CT molecular complexity index is 803. The fourth-order valence-corrected chi connectivity index (χ4v) is 2.21. The first kappa shape index (κ1) is 15.4. The van der Waals surface area contributed by atoms with Crippen molar-refractivity contribution >= 4 is 21.6 Å². The lowest BCUT2D eigenvalue weighted by atomic mass is 10.2. The minimum absolute atomic E-state index is 0.125. The van der Waals surface area contributed by atoms with Gasteiger partial charge in [0.25, 0.3) is 5.69 Å². The van der Waals surface area contributed by atoms with Crippen molar-refractivity contribution in [2.24, 2.45) is 10.9 Å². The molecule has 0 aliphatic heterocycles. The molecule has 9 nitrogen and oxygen atoms in total. The number of nitro benzene ring substituents is 1. The second-order valence-corrected chi connectivity index (χ2v) is 5.57. The van der Waals surface area contributed by atoms with E-state index in [0.717, 1.165) is 24.3 Å². The van der Waals surface area contributed by atoms with Crippen LogP contribution < -0.4 is 10.7 Å². The van der Waals surface area contributed by atoms with Gasteiger partial charge in [-0.3, -0.25) is 14.4 Å². The van der Waals surface area contributed by atoms with Crippen LogP contribution >= 0.6 is 0 Å². The summed E-state index contributed by atoms with van der Waals surface area (Å²) in [6, 6.07) is 7.38. The molecule has 0 saturated carbocycles. The van der Waals surface area contributed by atoms with Gasteiger partial charge in [0.15, 0.2) is 18.2 Å². The fraction of sp³-hybridized carbons (Fsp3) is 0. The van der Waals surface area contributed by atoms with E-state index in [4.69, 9.17) is 5.73 Å². The molecule has 0 radical (unpaired) electrons. The smallest absolute Gasteiger partial charge is 0.358 e. The summed E-state index contributed by atoms with van der Waals surface area (Å²) < 4.78 is 28.3. The summed E-state index contributed by atoms with van der Waals surface area (Å²) in [5, 5.41) is 13.9. The number of hydrogen-bond acceptors (Lipinski definition) is 6. The first-order valence-electron chi connectivity index (χ1n) is 5.88. The maximum atomic E-state index is 11.9. The molecule has 0 atom stereocenters. The number of oxime groups is 1. The molecule has 1 aromatic heterocycles. The molecule has 0 saturated heterocycles. The third-order valence-electron chi connectivity index (χ3n) is 2.58. The van der Waals surface area contributed by atoms with Crippen LogP contribution in [-0.4, -0.2) is 19.2 Å². The van der Waals surface area contributed by atoms with E-state index in [1.54, 1.807) is 24.5 Å². The van der Waals surface area contributed by atoms with E-state index in [1.165, 1.54) is 0 Å². The molecule has 2 aromatic rings. The summed E-state index contributed by atoms with van der Waals surface area (Å²) in [5.74, 6) is -0.125. The summed E-state index contributed by atoms with van der Waals surface area (Å²) in [5.41, 5.74) is 5.84. The molecule has 0 bridgehead atoms. The lowest BCUT2D eigenvalue weighted by Gasteiger charge is -2.02. The van der Waals surface area contributed by atoms with E-state index in [0.29, 0.717) is 5.56 Å². The molecule has 1 heterocycles. The van der Waals surface area contributed by atoms with Crippen LogP contribution in [0.2, 0.25) is 0 Å². The second-order valence-electron chi connectivity index (χ2n) is 4.04. The van der Waals surface area contributed by atoms with Gasteiger partial charge in [0.05, 0.1) is 4.92 Å². The van der Waals surface area contributed by atoms with Gasteiger partial charge >= 0.3 is 10.1 Å². The summed E-state index contributed by atoms with van der Waals surface area (Å²) in [4.78, 5) is 12.4. The zero-order chi connectivity index (χ0) is 16.2. The summed E-state index contributed by atoms with van der Waals surface area (Å²) in [6.07, 6.45) is 3.17. The van der Waals surface area contributed by atoms with E-state index in [2.05, 4.69) is 14.4 Å². The van der Waals surface area contributed by atoms with E-state index >= 15 is 0 Å². The standard InChI is InChI=1S/C12H10N4O5S/c13-12(9-5-7-14-8-6-9)15-21-22(19,20)11-3-1-10(2-4-11)16(17)18/h1-8H,(H2,13,15)/p+1. The van der Waals surface area contributed by atoms with Gasteiger partial charge in [0.2, 0.25) is 0 Å². The van der Waals surface area contributed by atoms with Crippen LogP contribution in [0.25, 0.3) is 0 Å². The van der Waals surface area contributed by atoms with E-state index < -0.39 is 15.0 Å². The number of nitrogens with two attached hydrogens (primary N) is 1. The Balaban J connectivity index is 2.19. The molecule has 1 aromatic carbocycles. The Morgan fingerprint density at radius 2 is 1.77 bits per heavy atom. The molecule has 2 rings (SSSR count). The van der Waals surface area contributed by atoms with Gasteiger partial charge in [0.1, 0.15) is 4.90 Å². The van der Waals surface area contributed by atoms with E-state index in [-0.39, 0.29) is 16.4 Å². The monoisotopic (exact) mass is 323 g/mol. The molecule has 3 N–H and O–H groups in total. The van der Waals surface area contributed by atoms with Crippen LogP contribution in [-0.2, 0) is 14.4 Å². The quantitative estimate of drug-likeness (QED) is 0.366. The summed E-state index contributed by atoms with van der Waals surface area (Å²) >= 11 is 0. The lowest BCUT2D eigenvalue weighted by Crippen LogP contribution is -2.16. The predicted molar refractivity (Wildman–Crippen MR) is 75.1 cm³/mol. The third-order valence-corrected chi connectivity index (χ3v) is 3.70. The molecule has 114 valence electrons. The number of nitro groups is 1. The van der Waals surface area contributed by atoms with Crippen LogP contribution in [0, 0.1) is 10.1 Å². The Kier molecular flexibility index (Phi) is 4.32. The normalized spacial score (nSPS) is 11.9. The second kappa shape index (κ2) is 6.18. The van der Waals surface area contributed by atoms with Crippen LogP contribution in [0.5, 0.6) is 0 Å². The molecule has 0 unspecified atom stereocenters. The van der Waals surface area contributed by atoms with Crippen LogP contribution in [0.4, 0.5) is 5.69 Å². The maximum Gasteiger partial charge on any atom is 0.358 e. The number of pyridine rings is 1. The van der Waals surface area contributed by atoms with Crippen molar-refractivity contribution in [2.45, 2.75) is 4.90 Å². The highest BCUT2D eigenvalue weighted by molar-refractivity contribution is 7.86. The van der Waals surface area contributed by atoms with Crippen molar-refractivity contribution in [3.63, 3.8) is 0 Å². The molecule has 22 heavy (non-hydrogen) atoms. The molecule has 0 fully saturated rings. The predicted octanol–water partition coefficient (Wildman–Crippen LogP) is 0.435. The molecule has 0 amide bonds. The Morgan fingerprint density at radius 3 is 2.32 bits per heavy atom. The van der Waals surface area contributed by atoms with Crippen molar-refractivity contribution in [3.05, 3.63) is 64.5 Å². The minimum Gasteiger partial charge on any atom is -0.380 e. The average Bonchev–Trinajstić information content (AvgIpc) is 2.53. The van der Waals surface area contributed by atoms with E-state index in [9.17, 15) is 18.5 Å². The van der Waals surface area contributed by atoms with Gasteiger partial charge in [0, 0.05) is 29.8 Å². The zero-order valence-electron chi connectivity index (χ0n) is 11.0. The summed E-state index contributed by atoms with van der Waals surface area (Å²) in [7, 11) is -4.20. The van der Waals surface area contributed by atoms with Crippen molar-refractivity contribution < 1.29 is 22.6 Å². The fourth-order valence-electron chi connectivity index (χ4n) is 1.48. The molecule has 0 aliphatic rings. The number of H-pyrrole nitrogens is 1. The van der Waals surface area contributed by atoms with Gasteiger partial charge in [-0.15, -0.1) is 0 Å². The highest BCUT2D eigenvalue weighted by Crippen LogP contribution is 2.17. The molecular formula is C12H11N4O5S+. The molecule has 0 spiro atoms. The largest absolute Gasteiger partial charge is 0.380 e. The number of non-ortho nitro benzene ring substituents is 1. The van der Waals surface area contributed by atoms with Crippen LogP contribution in [0.15, 0.2) is 58.8 Å². The SMILES string of the molecule is NC(=NOS(=O)(=O)c1ccc([N+](=O)[O-])cc1)c1cc[nH+]cc1. The van der Waals surface area contributed by atoms with Crippen molar-refractivity contribution in [1.29, 1.82) is 0 Å². The van der Waals surface area contributed by atoms with Gasteiger partial charge < -0.3 is 5.73 Å². The number of nitrogens with zero attached hydrogens (tertiary/aromatic N) is 2. The Labute approximate surface area is 125 Å². The van der Waals surface area contributed by atoms with Crippen LogP contribution in [0.3, 0.4) is 0 Å². The van der Waals surface area contributed by atoms with Gasteiger partial charge in [-0.1, -0.05) is 0 Å². The molecule has 10 heteroatoms. The van der Waals surface area contributed by atoms with Crippen molar-refractivity contribution in [3.8, 4) is 0 Å². The van der Waals surface area contributed by atoms with E-state index in [1.807, 2.05) is 0 Å². The Morgan fingerprint density at radius 1 is 1.18 bits per heavy atom. The number of rotatable bonds is 5. The Hall–Kier alpha value is -3.01. The lowest BCUT2D eigenvalue weighted by molar-refractivity contribution is -0.384. The highest BCUT2D eigenvalue weighted by atomic mass is 32.2. The van der Waals surface area contributed by atoms with Gasteiger partial charge in [-0.05, 0) is 17.3 Å². The number of benzene rings is 1. The topological polar surface area (TPSA) is 139 Å². The molecule has 0 aliphatic carbocycles.